The topological polar surface area (TPSA) is 71.3 Å². The van der Waals surface area contributed by atoms with Gasteiger partial charge in [-0.25, -0.2) is 0 Å². The van der Waals surface area contributed by atoms with Crippen LogP contribution in [0.2, 0.25) is 5.02 Å². The van der Waals surface area contributed by atoms with Gasteiger partial charge in [-0.2, -0.15) is 0 Å². The molecule has 0 aliphatic rings. The van der Waals surface area contributed by atoms with Crippen LogP contribution < -0.4 is 10.6 Å². The average molecular weight is 422 g/mol. The summed E-state index contributed by atoms with van der Waals surface area (Å²) in [5.41, 5.74) is 1.97. The maximum Gasteiger partial charge on any atom is 0.287 e. The van der Waals surface area contributed by atoms with E-state index in [0.717, 1.165) is 15.4 Å². The normalized spacial score (nSPS) is 10.7. The van der Waals surface area contributed by atoms with Gasteiger partial charge in [0.05, 0.1) is 11.0 Å². The van der Waals surface area contributed by atoms with Gasteiger partial charge in [0.2, 0.25) is 5.91 Å². The first-order valence-corrected chi connectivity index (χ1v) is 8.64. The van der Waals surface area contributed by atoms with Crippen molar-refractivity contribution < 1.29 is 14.0 Å². The van der Waals surface area contributed by atoms with Gasteiger partial charge >= 0.3 is 0 Å². The number of fused-ring (bicyclic) bond motifs is 1. The van der Waals surface area contributed by atoms with Gasteiger partial charge in [-0.05, 0) is 52.7 Å². The first-order valence-electron chi connectivity index (χ1n) is 7.47. The van der Waals surface area contributed by atoms with Crippen LogP contribution in [0.5, 0.6) is 0 Å². The van der Waals surface area contributed by atoms with E-state index in [1.807, 2.05) is 25.1 Å². The highest BCUT2D eigenvalue weighted by atomic mass is 79.9. The highest BCUT2D eigenvalue weighted by Gasteiger charge is 2.15. The number of hydrogen-bond donors (Lipinski definition) is 2. The molecule has 0 saturated carbocycles. The number of benzene rings is 2. The molecular formula is C18H14BrClN2O3. The van der Waals surface area contributed by atoms with E-state index in [2.05, 4.69) is 26.6 Å². The monoisotopic (exact) mass is 420 g/mol. The number of halogens is 2. The Hall–Kier alpha value is -2.31. The van der Waals surface area contributed by atoms with Gasteiger partial charge in [-0.15, -0.1) is 0 Å². The molecule has 25 heavy (non-hydrogen) atoms. The first kappa shape index (κ1) is 17.5. The molecule has 1 heterocycles. The van der Waals surface area contributed by atoms with E-state index >= 15 is 0 Å². The van der Waals surface area contributed by atoms with Crippen molar-refractivity contribution in [3.8, 4) is 0 Å². The number of anilines is 1. The number of para-hydroxylation sites is 1. The number of hydrogen-bond acceptors (Lipinski definition) is 3. The number of rotatable bonds is 4. The van der Waals surface area contributed by atoms with Crippen molar-refractivity contribution in [1.82, 2.24) is 5.32 Å². The molecule has 0 aliphatic carbocycles. The largest absolute Gasteiger partial charge is 0.450 e. The molecule has 0 unspecified atom stereocenters. The summed E-state index contributed by atoms with van der Waals surface area (Å²) in [6.07, 6.45) is 0. The SMILES string of the molecule is Cc1c(Cl)cccc1NC(=O)CNC(=O)c1cc2cccc(Br)c2o1. The molecule has 7 heteroatoms. The van der Waals surface area contributed by atoms with Gasteiger partial charge in [-0.1, -0.05) is 29.8 Å². The molecule has 0 spiro atoms. The lowest BCUT2D eigenvalue weighted by Crippen LogP contribution is -2.32. The molecule has 0 fully saturated rings. The smallest absolute Gasteiger partial charge is 0.287 e. The first-order chi connectivity index (χ1) is 12.0. The Labute approximate surface area is 157 Å². The van der Waals surface area contributed by atoms with E-state index < -0.39 is 5.91 Å². The third kappa shape index (κ3) is 3.86. The number of amides is 2. The Balaban J connectivity index is 1.64. The zero-order valence-electron chi connectivity index (χ0n) is 13.2. The maximum atomic E-state index is 12.2. The summed E-state index contributed by atoms with van der Waals surface area (Å²) in [5.74, 6) is -0.661. The highest BCUT2D eigenvalue weighted by Crippen LogP contribution is 2.27. The molecule has 3 rings (SSSR count). The van der Waals surface area contributed by atoms with Crippen LogP contribution >= 0.6 is 27.5 Å². The summed E-state index contributed by atoms with van der Waals surface area (Å²) in [4.78, 5) is 24.2. The van der Waals surface area contributed by atoms with Crippen molar-refractivity contribution in [2.75, 3.05) is 11.9 Å². The van der Waals surface area contributed by atoms with Crippen molar-refractivity contribution in [3.05, 3.63) is 63.3 Å². The molecule has 2 aromatic carbocycles. The molecule has 1 aromatic heterocycles. The molecule has 2 N–H and O–H groups in total. The summed E-state index contributed by atoms with van der Waals surface area (Å²) < 4.78 is 6.30. The van der Waals surface area contributed by atoms with Crippen molar-refractivity contribution in [3.63, 3.8) is 0 Å². The lowest BCUT2D eigenvalue weighted by atomic mass is 10.2. The van der Waals surface area contributed by atoms with E-state index in [1.165, 1.54) is 0 Å². The van der Waals surface area contributed by atoms with Crippen molar-refractivity contribution in [2.24, 2.45) is 0 Å². The minimum atomic E-state index is -0.457. The van der Waals surface area contributed by atoms with E-state index in [9.17, 15) is 9.59 Å². The molecule has 0 saturated heterocycles. The predicted octanol–water partition coefficient (Wildman–Crippen LogP) is 4.53. The van der Waals surface area contributed by atoms with Crippen LogP contribution in [0.1, 0.15) is 16.1 Å². The van der Waals surface area contributed by atoms with Gasteiger partial charge in [-0.3, -0.25) is 9.59 Å². The summed E-state index contributed by atoms with van der Waals surface area (Å²) in [5, 5.41) is 6.63. The van der Waals surface area contributed by atoms with Gasteiger partial charge in [0.25, 0.3) is 5.91 Å². The molecule has 0 radical (unpaired) electrons. The number of carbonyl (C=O) groups excluding carboxylic acids is 2. The van der Waals surface area contributed by atoms with E-state index in [-0.39, 0.29) is 18.2 Å². The Kier molecular flexibility index (Phi) is 5.11. The van der Waals surface area contributed by atoms with Crippen LogP contribution in [0.15, 0.2) is 51.4 Å². The highest BCUT2D eigenvalue weighted by molar-refractivity contribution is 9.10. The molecule has 128 valence electrons. The van der Waals surface area contributed by atoms with Crippen molar-refractivity contribution in [1.29, 1.82) is 0 Å². The van der Waals surface area contributed by atoms with Gasteiger partial charge in [0.15, 0.2) is 5.76 Å². The summed E-state index contributed by atoms with van der Waals surface area (Å²) in [6.45, 7) is 1.63. The fourth-order valence-electron chi connectivity index (χ4n) is 2.32. The Morgan fingerprint density at radius 2 is 1.96 bits per heavy atom. The quantitative estimate of drug-likeness (QED) is 0.650. The summed E-state index contributed by atoms with van der Waals surface area (Å²) in [6, 6.07) is 12.4. The standard InChI is InChI=1S/C18H14BrClN2O3/c1-10-13(20)6-3-7-14(10)22-16(23)9-21-18(24)15-8-11-4-2-5-12(19)17(11)25-15/h2-8H,9H2,1H3,(H,21,24)(H,22,23). The van der Waals surface area contributed by atoms with Gasteiger partial charge in [0, 0.05) is 16.1 Å². The Morgan fingerprint density at radius 1 is 1.20 bits per heavy atom. The molecule has 0 aliphatic heterocycles. The third-order valence-corrected chi connectivity index (χ3v) is 4.71. The minimum Gasteiger partial charge on any atom is -0.450 e. The maximum absolute atomic E-state index is 12.2. The van der Waals surface area contributed by atoms with E-state index in [0.29, 0.717) is 16.3 Å². The molecule has 0 bridgehead atoms. The molecule has 3 aromatic rings. The molecular weight excluding hydrogens is 408 g/mol. The van der Waals surface area contributed by atoms with Gasteiger partial charge < -0.3 is 15.1 Å². The van der Waals surface area contributed by atoms with Crippen LogP contribution in [-0.2, 0) is 4.79 Å². The summed E-state index contributed by atoms with van der Waals surface area (Å²) >= 11 is 9.39. The van der Waals surface area contributed by atoms with Crippen LogP contribution in [0, 0.1) is 6.92 Å². The van der Waals surface area contributed by atoms with Crippen LogP contribution in [0.25, 0.3) is 11.0 Å². The van der Waals surface area contributed by atoms with Crippen LogP contribution in [0.3, 0.4) is 0 Å². The number of furan rings is 1. The molecule has 0 atom stereocenters. The van der Waals surface area contributed by atoms with E-state index in [4.69, 9.17) is 16.0 Å². The summed E-state index contributed by atoms with van der Waals surface area (Å²) in [7, 11) is 0. The van der Waals surface area contributed by atoms with E-state index in [1.54, 1.807) is 24.3 Å². The second-order valence-electron chi connectivity index (χ2n) is 5.41. The third-order valence-electron chi connectivity index (χ3n) is 3.67. The van der Waals surface area contributed by atoms with Gasteiger partial charge in [0.1, 0.15) is 5.58 Å². The average Bonchev–Trinajstić information content (AvgIpc) is 3.03. The fourth-order valence-corrected chi connectivity index (χ4v) is 2.96. The van der Waals surface area contributed by atoms with Crippen LogP contribution in [-0.4, -0.2) is 18.4 Å². The molecule has 2 amide bonds. The number of nitrogens with one attached hydrogen (secondary N) is 2. The van der Waals surface area contributed by atoms with Crippen molar-refractivity contribution in [2.45, 2.75) is 6.92 Å². The van der Waals surface area contributed by atoms with Crippen LogP contribution in [0.4, 0.5) is 5.69 Å². The number of carbonyl (C=O) groups is 2. The lowest BCUT2D eigenvalue weighted by molar-refractivity contribution is -0.115. The van der Waals surface area contributed by atoms with Crippen molar-refractivity contribution >= 4 is 56.0 Å². The second kappa shape index (κ2) is 7.29. The lowest BCUT2D eigenvalue weighted by Gasteiger charge is -2.09. The molecule has 5 nitrogen and oxygen atoms in total. The second-order valence-corrected chi connectivity index (χ2v) is 6.67. The Bertz CT molecular complexity index is 968. The zero-order chi connectivity index (χ0) is 18.0. The minimum absolute atomic E-state index is 0.147. The zero-order valence-corrected chi connectivity index (χ0v) is 15.6. The predicted molar refractivity (Wildman–Crippen MR) is 101 cm³/mol. The Morgan fingerprint density at radius 3 is 2.72 bits per heavy atom. The fraction of sp³-hybridized carbons (Fsp3) is 0.111.